The van der Waals surface area contributed by atoms with Gasteiger partial charge in [-0.2, -0.15) is 11.8 Å². The van der Waals surface area contributed by atoms with E-state index in [1.807, 2.05) is 50.4 Å². The molecule has 2 aromatic rings. The number of H-pyrrole nitrogens is 1. The van der Waals surface area contributed by atoms with E-state index in [9.17, 15) is 24.3 Å². The third-order valence-electron chi connectivity index (χ3n) is 5.81. The predicted molar refractivity (Wildman–Crippen MR) is 146 cm³/mol. The molecule has 0 saturated heterocycles. The highest BCUT2D eigenvalue weighted by molar-refractivity contribution is 7.98. The number of carbonyl (C=O) groups is 4. The maximum Gasteiger partial charge on any atom is 0.326 e. The summed E-state index contributed by atoms with van der Waals surface area (Å²) in [6, 6.07) is 5.11. The second kappa shape index (κ2) is 15.8. The molecule has 4 unspecified atom stereocenters. The minimum atomic E-state index is -1.15. The minimum absolute atomic E-state index is 0.0377. The van der Waals surface area contributed by atoms with E-state index in [1.165, 1.54) is 18.1 Å². The van der Waals surface area contributed by atoms with E-state index in [0.29, 0.717) is 17.9 Å². The van der Waals surface area contributed by atoms with Gasteiger partial charge >= 0.3 is 5.97 Å². The van der Waals surface area contributed by atoms with E-state index in [1.54, 1.807) is 6.20 Å². The highest BCUT2D eigenvalue weighted by atomic mass is 32.2. The zero-order valence-electron chi connectivity index (χ0n) is 22.0. The van der Waals surface area contributed by atoms with Crippen molar-refractivity contribution in [2.75, 3.05) is 12.0 Å². The van der Waals surface area contributed by atoms with Gasteiger partial charge in [0.1, 0.15) is 18.1 Å². The Hall–Kier alpha value is -3.38. The third-order valence-corrected chi connectivity index (χ3v) is 6.46. The number of carboxylic acids is 1. The molecule has 0 aliphatic carbocycles. The molecule has 0 radical (unpaired) electrons. The number of nitrogens with two attached hydrogens (primary N) is 1. The van der Waals surface area contributed by atoms with Gasteiger partial charge in [-0.25, -0.2) is 9.78 Å². The average Bonchev–Trinajstić information content (AvgIpc) is 3.38. The molecule has 0 saturated carbocycles. The summed E-state index contributed by atoms with van der Waals surface area (Å²) in [6.45, 7) is 3.72. The van der Waals surface area contributed by atoms with Crippen molar-refractivity contribution >= 4 is 35.5 Å². The number of aromatic nitrogens is 2. The van der Waals surface area contributed by atoms with Crippen molar-refractivity contribution < 1.29 is 24.3 Å². The van der Waals surface area contributed by atoms with Gasteiger partial charge in [0, 0.05) is 24.7 Å². The molecule has 2 rings (SSSR count). The Morgan fingerprint density at radius 2 is 1.61 bits per heavy atom. The molecule has 7 N–H and O–H groups in total. The molecule has 1 aromatic heterocycles. The highest BCUT2D eigenvalue weighted by Crippen LogP contribution is 2.09. The fourth-order valence-electron chi connectivity index (χ4n) is 3.81. The summed E-state index contributed by atoms with van der Waals surface area (Å²) in [5, 5.41) is 17.6. The Bertz CT molecular complexity index is 1030. The summed E-state index contributed by atoms with van der Waals surface area (Å²) in [6.07, 6.45) is 5.87. The van der Waals surface area contributed by atoms with Crippen LogP contribution in [0.1, 0.15) is 37.9 Å². The minimum Gasteiger partial charge on any atom is -0.480 e. The van der Waals surface area contributed by atoms with Gasteiger partial charge in [-0.15, -0.1) is 0 Å². The smallest absolute Gasteiger partial charge is 0.326 e. The van der Waals surface area contributed by atoms with Crippen LogP contribution in [0.25, 0.3) is 0 Å². The topological polar surface area (TPSA) is 179 Å². The van der Waals surface area contributed by atoms with Crippen molar-refractivity contribution in [2.45, 2.75) is 63.7 Å². The fourth-order valence-corrected chi connectivity index (χ4v) is 4.28. The summed E-state index contributed by atoms with van der Waals surface area (Å²) >= 11 is 1.51. The van der Waals surface area contributed by atoms with Crippen LogP contribution < -0.4 is 21.7 Å². The standard InChI is InChI=1S/C26H38N6O5S/c1-16(2)11-22(26(36)37)32-25(35)21(12-17-7-5-4-6-8-17)31-24(34)20(9-10-38-3)30-23(33)19(27)13-18-14-28-15-29-18/h4-8,14-16,19-22H,9-13,27H2,1-3H3,(H,28,29)(H,30,33)(H,31,34)(H,32,35)(H,36,37). The highest BCUT2D eigenvalue weighted by Gasteiger charge is 2.30. The SMILES string of the molecule is CSCCC(NC(=O)C(N)Cc1cnc[nH]1)C(=O)NC(Cc1ccccc1)C(=O)NC(CC(C)C)C(=O)O. The Morgan fingerprint density at radius 3 is 2.18 bits per heavy atom. The summed E-state index contributed by atoms with van der Waals surface area (Å²) in [7, 11) is 0. The number of benzene rings is 1. The number of carboxylic acid groups (broad SMARTS) is 1. The summed E-state index contributed by atoms with van der Waals surface area (Å²) < 4.78 is 0. The summed E-state index contributed by atoms with van der Waals surface area (Å²) in [5.41, 5.74) is 7.52. The zero-order valence-corrected chi connectivity index (χ0v) is 22.8. The molecule has 3 amide bonds. The van der Waals surface area contributed by atoms with E-state index < -0.39 is 47.9 Å². The predicted octanol–water partition coefficient (Wildman–Crippen LogP) is 0.860. The van der Waals surface area contributed by atoms with Crippen molar-refractivity contribution in [3.05, 3.63) is 54.1 Å². The number of aromatic amines is 1. The number of nitrogens with one attached hydrogen (secondary N) is 4. The van der Waals surface area contributed by atoms with Crippen LogP contribution in [0.4, 0.5) is 0 Å². The third kappa shape index (κ3) is 10.5. The van der Waals surface area contributed by atoms with Crippen molar-refractivity contribution in [1.82, 2.24) is 25.9 Å². The monoisotopic (exact) mass is 546 g/mol. The van der Waals surface area contributed by atoms with Crippen LogP contribution in [-0.2, 0) is 32.0 Å². The van der Waals surface area contributed by atoms with E-state index in [4.69, 9.17) is 5.73 Å². The second-order valence-electron chi connectivity index (χ2n) is 9.51. The van der Waals surface area contributed by atoms with Crippen LogP contribution in [0.3, 0.4) is 0 Å². The first-order valence-electron chi connectivity index (χ1n) is 12.5. The lowest BCUT2D eigenvalue weighted by Crippen LogP contribution is -2.58. The first kappa shape index (κ1) is 30.8. The second-order valence-corrected chi connectivity index (χ2v) is 10.5. The van der Waals surface area contributed by atoms with Crippen molar-refractivity contribution in [3.8, 4) is 0 Å². The molecule has 208 valence electrons. The molecule has 4 atom stereocenters. The van der Waals surface area contributed by atoms with E-state index >= 15 is 0 Å². The Kier molecular flexibility index (Phi) is 12.8. The Balaban J connectivity index is 2.18. The quantitative estimate of drug-likeness (QED) is 0.179. The van der Waals surface area contributed by atoms with Crippen LogP contribution >= 0.6 is 11.8 Å². The van der Waals surface area contributed by atoms with Gasteiger partial charge < -0.3 is 31.8 Å². The Labute approximate surface area is 227 Å². The first-order valence-corrected chi connectivity index (χ1v) is 13.9. The van der Waals surface area contributed by atoms with Gasteiger partial charge in [0.05, 0.1) is 12.4 Å². The fraction of sp³-hybridized carbons (Fsp3) is 0.500. The molecule has 12 heteroatoms. The number of amides is 3. The van der Waals surface area contributed by atoms with Crippen molar-refractivity contribution in [1.29, 1.82) is 0 Å². The molecule has 38 heavy (non-hydrogen) atoms. The molecular weight excluding hydrogens is 508 g/mol. The number of hydrogen-bond donors (Lipinski definition) is 6. The largest absolute Gasteiger partial charge is 0.480 e. The molecule has 1 heterocycles. The number of thioether (sulfide) groups is 1. The van der Waals surface area contributed by atoms with Crippen LogP contribution in [-0.4, -0.2) is 74.9 Å². The lowest BCUT2D eigenvalue weighted by molar-refractivity contribution is -0.142. The number of carbonyl (C=O) groups excluding carboxylic acids is 3. The van der Waals surface area contributed by atoms with Gasteiger partial charge in [0.25, 0.3) is 0 Å². The number of aliphatic carboxylic acids is 1. The van der Waals surface area contributed by atoms with Crippen LogP contribution in [0.5, 0.6) is 0 Å². The normalized spacial score (nSPS) is 14.2. The molecule has 0 aliphatic rings. The van der Waals surface area contributed by atoms with E-state index in [-0.39, 0.29) is 25.2 Å². The number of hydrogen-bond acceptors (Lipinski definition) is 7. The van der Waals surface area contributed by atoms with Crippen molar-refractivity contribution in [2.24, 2.45) is 11.7 Å². The molecule has 1 aromatic carbocycles. The maximum absolute atomic E-state index is 13.3. The lowest BCUT2D eigenvalue weighted by Gasteiger charge is -2.25. The van der Waals surface area contributed by atoms with E-state index in [2.05, 4.69) is 25.9 Å². The molecular formula is C26H38N6O5S. The zero-order chi connectivity index (χ0) is 28.1. The van der Waals surface area contributed by atoms with Crippen LogP contribution in [0.2, 0.25) is 0 Å². The molecule has 0 spiro atoms. The maximum atomic E-state index is 13.3. The van der Waals surface area contributed by atoms with Gasteiger partial charge in [0.2, 0.25) is 17.7 Å². The Morgan fingerprint density at radius 1 is 0.974 bits per heavy atom. The summed E-state index contributed by atoms with van der Waals surface area (Å²) in [4.78, 5) is 57.9. The van der Waals surface area contributed by atoms with E-state index in [0.717, 1.165) is 5.56 Å². The van der Waals surface area contributed by atoms with Gasteiger partial charge in [-0.1, -0.05) is 44.2 Å². The van der Waals surface area contributed by atoms with Crippen molar-refractivity contribution in [3.63, 3.8) is 0 Å². The lowest BCUT2D eigenvalue weighted by atomic mass is 10.0. The molecule has 0 aliphatic heterocycles. The number of nitrogens with zero attached hydrogens (tertiary/aromatic N) is 1. The average molecular weight is 547 g/mol. The molecule has 11 nitrogen and oxygen atoms in total. The molecule has 0 fully saturated rings. The number of rotatable bonds is 16. The van der Waals surface area contributed by atoms with Gasteiger partial charge in [-0.3, -0.25) is 14.4 Å². The first-order chi connectivity index (χ1) is 18.1. The number of imidazole rings is 1. The summed E-state index contributed by atoms with van der Waals surface area (Å²) in [5.74, 6) is -2.19. The molecule has 0 bridgehead atoms. The van der Waals surface area contributed by atoms with Gasteiger partial charge in [0.15, 0.2) is 0 Å². The van der Waals surface area contributed by atoms with Crippen LogP contribution in [0.15, 0.2) is 42.9 Å². The van der Waals surface area contributed by atoms with Gasteiger partial charge in [-0.05, 0) is 36.3 Å². The van der Waals surface area contributed by atoms with Crippen LogP contribution in [0, 0.1) is 5.92 Å².